The maximum absolute atomic E-state index is 13.2. The van der Waals surface area contributed by atoms with Crippen LogP contribution in [0.15, 0.2) is 29.2 Å². The highest BCUT2D eigenvalue weighted by molar-refractivity contribution is 6.04. The molecule has 0 unspecified atom stereocenters. The summed E-state index contributed by atoms with van der Waals surface area (Å²) in [7, 11) is 3.38. The number of rotatable bonds is 4. The van der Waals surface area contributed by atoms with Crippen LogP contribution in [0.4, 0.5) is 0 Å². The molecule has 176 valence electrons. The van der Waals surface area contributed by atoms with Crippen LogP contribution >= 0.6 is 0 Å². The number of hydrogen-bond acceptors (Lipinski definition) is 5. The van der Waals surface area contributed by atoms with Crippen molar-refractivity contribution >= 4 is 27.7 Å². The summed E-state index contributed by atoms with van der Waals surface area (Å²) in [5.41, 5.74) is 1.37. The molecule has 1 aliphatic heterocycles. The Morgan fingerprint density at radius 2 is 1.79 bits per heavy atom. The molecular formula is C25H33N5O3. The fourth-order valence-corrected chi connectivity index (χ4v) is 5.55. The fraction of sp³-hybridized carbons (Fsp3) is 0.560. The topological polar surface area (TPSA) is 72.6 Å². The van der Waals surface area contributed by atoms with Crippen LogP contribution in [-0.2, 0) is 18.4 Å². The summed E-state index contributed by atoms with van der Waals surface area (Å²) in [5.74, 6) is 0.758. The number of hydrogen-bond donors (Lipinski definition) is 0. The molecule has 33 heavy (non-hydrogen) atoms. The van der Waals surface area contributed by atoms with Gasteiger partial charge in [0.15, 0.2) is 0 Å². The zero-order valence-electron chi connectivity index (χ0n) is 19.6. The van der Waals surface area contributed by atoms with Crippen molar-refractivity contribution in [2.75, 3.05) is 33.3 Å². The molecule has 1 amide bonds. The Morgan fingerprint density at radius 1 is 1.06 bits per heavy atom. The van der Waals surface area contributed by atoms with Gasteiger partial charge in [-0.15, -0.1) is 0 Å². The molecule has 5 rings (SSSR count). The first-order valence-corrected chi connectivity index (χ1v) is 12.1. The van der Waals surface area contributed by atoms with Gasteiger partial charge >= 0.3 is 0 Å². The van der Waals surface area contributed by atoms with Gasteiger partial charge in [0.05, 0.1) is 29.7 Å². The Balaban J connectivity index is 1.36. The van der Waals surface area contributed by atoms with Crippen LogP contribution in [0.5, 0.6) is 5.75 Å². The highest BCUT2D eigenvalue weighted by Crippen LogP contribution is 2.27. The number of nitrogens with zero attached hydrogens (tertiary/aromatic N) is 5. The summed E-state index contributed by atoms with van der Waals surface area (Å²) >= 11 is 0. The minimum absolute atomic E-state index is 0.0530. The average molecular weight is 452 g/mol. The van der Waals surface area contributed by atoms with Crippen molar-refractivity contribution in [1.29, 1.82) is 0 Å². The van der Waals surface area contributed by atoms with E-state index in [0.717, 1.165) is 37.1 Å². The summed E-state index contributed by atoms with van der Waals surface area (Å²) in [6, 6.07) is 6.30. The van der Waals surface area contributed by atoms with Crippen LogP contribution < -0.4 is 10.3 Å². The van der Waals surface area contributed by atoms with E-state index in [4.69, 9.17) is 4.74 Å². The molecule has 3 aromatic rings. The molecule has 8 heteroatoms. The number of ether oxygens (including phenoxy) is 1. The lowest BCUT2D eigenvalue weighted by molar-refractivity contribution is -0.134. The first-order chi connectivity index (χ1) is 16.1. The normalized spacial score (nSPS) is 18.7. The highest BCUT2D eigenvalue weighted by Gasteiger charge is 2.27. The Bertz CT molecular complexity index is 1210. The second-order valence-corrected chi connectivity index (χ2v) is 9.37. The third-order valence-electron chi connectivity index (χ3n) is 7.49. The number of piperazine rings is 1. The molecule has 1 saturated carbocycles. The Labute approximate surface area is 193 Å². The van der Waals surface area contributed by atoms with E-state index in [0.29, 0.717) is 22.7 Å². The molecule has 1 aliphatic carbocycles. The van der Waals surface area contributed by atoms with Crippen molar-refractivity contribution < 1.29 is 9.53 Å². The number of benzene rings is 1. The van der Waals surface area contributed by atoms with Gasteiger partial charge in [-0.3, -0.25) is 19.2 Å². The van der Waals surface area contributed by atoms with Gasteiger partial charge in [-0.1, -0.05) is 25.7 Å². The minimum Gasteiger partial charge on any atom is -0.497 e. The maximum atomic E-state index is 13.2. The average Bonchev–Trinajstić information content (AvgIpc) is 3.07. The largest absolute Gasteiger partial charge is 0.497 e. The van der Waals surface area contributed by atoms with E-state index < -0.39 is 0 Å². The van der Waals surface area contributed by atoms with Crippen LogP contribution in [0.25, 0.3) is 21.8 Å². The highest BCUT2D eigenvalue weighted by atomic mass is 16.5. The molecule has 2 aromatic heterocycles. The zero-order valence-corrected chi connectivity index (χ0v) is 19.6. The number of methoxy groups -OCH3 is 1. The van der Waals surface area contributed by atoms with Gasteiger partial charge in [-0.25, -0.2) is 0 Å². The summed E-state index contributed by atoms with van der Waals surface area (Å²) in [5, 5.41) is 5.82. The number of carbonyl (C=O) groups is 1. The summed E-state index contributed by atoms with van der Waals surface area (Å²) in [6.45, 7) is 3.52. The quantitative estimate of drug-likeness (QED) is 0.571. The molecule has 0 spiro atoms. The van der Waals surface area contributed by atoms with Gasteiger partial charge in [0.2, 0.25) is 5.91 Å². The van der Waals surface area contributed by atoms with E-state index in [2.05, 4.69) is 10.00 Å². The number of carbonyl (C=O) groups excluding carboxylic acids is 1. The third-order valence-corrected chi connectivity index (χ3v) is 7.49. The van der Waals surface area contributed by atoms with Crippen molar-refractivity contribution in [3.05, 3.63) is 34.7 Å². The predicted octanol–water partition coefficient (Wildman–Crippen LogP) is 2.76. The third kappa shape index (κ3) is 4.12. The number of pyridine rings is 1. The molecule has 0 radical (unpaired) electrons. The Kier molecular flexibility index (Phi) is 6.10. The standard InChI is InChI=1S/C25H33N5O3/c1-27-22-10-9-19(33-2)15-20(22)24-21(25(27)32)16-26-30(24)17-23(31)29-13-11-28(12-14-29)18-7-5-3-4-6-8-18/h9-10,15-16,18H,3-8,11-14,17H2,1-2H3. The van der Waals surface area contributed by atoms with Crippen LogP contribution in [0, 0.1) is 0 Å². The molecule has 0 bridgehead atoms. The molecule has 8 nitrogen and oxygen atoms in total. The van der Waals surface area contributed by atoms with Crippen LogP contribution in [-0.4, -0.2) is 69.4 Å². The Morgan fingerprint density at radius 3 is 2.48 bits per heavy atom. The van der Waals surface area contributed by atoms with Crippen LogP contribution in [0.2, 0.25) is 0 Å². The van der Waals surface area contributed by atoms with Crippen molar-refractivity contribution in [3.63, 3.8) is 0 Å². The van der Waals surface area contributed by atoms with Crippen molar-refractivity contribution in [1.82, 2.24) is 24.1 Å². The van der Waals surface area contributed by atoms with Gasteiger partial charge < -0.3 is 14.2 Å². The maximum Gasteiger partial charge on any atom is 0.261 e. The SMILES string of the molecule is COc1ccc2c(c1)c1c(cnn1CC(=O)N1CCN(C3CCCCCC3)CC1)c(=O)n2C. The lowest BCUT2D eigenvalue weighted by Crippen LogP contribution is -2.52. The van der Waals surface area contributed by atoms with E-state index in [1.807, 2.05) is 23.1 Å². The summed E-state index contributed by atoms with van der Waals surface area (Å²) < 4.78 is 8.71. The molecule has 1 aromatic carbocycles. The van der Waals surface area contributed by atoms with Crippen LogP contribution in [0.3, 0.4) is 0 Å². The fourth-order valence-electron chi connectivity index (χ4n) is 5.55. The number of aromatic nitrogens is 3. The zero-order chi connectivity index (χ0) is 22.9. The van der Waals surface area contributed by atoms with Gasteiger partial charge in [0, 0.05) is 44.7 Å². The molecule has 1 saturated heterocycles. The van der Waals surface area contributed by atoms with Crippen molar-refractivity contribution in [2.45, 2.75) is 51.1 Å². The molecular weight excluding hydrogens is 418 g/mol. The van der Waals surface area contributed by atoms with E-state index in [1.54, 1.807) is 29.6 Å². The molecule has 0 N–H and O–H groups in total. The lowest BCUT2D eigenvalue weighted by atomic mass is 10.1. The molecule has 2 fully saturated rings. The van der Waals surface area contributed by atoms with Gasteiger partial charge in [-0.2, -0.15) is 5.10 Å². The second kappa shape index (κ2) is 9.17. The van der Waals surface area contributed by atoms with Crippen molar-refractivity contribution in [2.24, 2.45) is 7.05 Å². The van der Waals surface area contributed by atoms with Crippen molar-refractivity contribution in [3.8, 4) is 5.75 Å². The number of aryl methyl sites for hydroxylation is 1. The van der Waals surface area contributed by atoms with Gasteiger partial charge in [0.25, 0.3) is 5.56 Å². The minimum atomic E-state index is -0.113. The smallest absolute Gasteiger partial charge is 0.261 e. The lowest BCUT2D eigenvalue weighted by Gasteiger charge is -2.39. The van der Waals surface area contributed by atoms with Gasteiger partial charge in [-0.05, 0) is 31.0 Å². The molecule has 3 heterocycles. The van der Waals surface area contributed by atoms with Crippen LogP contribution in [0.1, 0.15) is 38.5 Å². The Hall–Kier alpha value is -2.87. The van der Waals surface area contributed by atoms with E-state index >= 15 is 0 Å². The molecule has 2 aliphatic rings. The number of fused-ring (bicyclic) bond motifs is 3. The predicted molar refractivity (Wildman–Crippen MR) is 129 cm³/mol. The second-order valence-electron chi connectivity index (χ2n) is 9.37. The number of amides is 1. The molecule has 0 atom stereocenters. The van der Waals surface area contributed by atoms with Gasteiger partial charge in [0.1, 0.15) is 12.3 Å². The first-order valence-electron chi connectivity index (χ1n) is 12.1. The summed E-state index contributed by atoms with van der Waals surface area (Å²) in [6.07, 6.45) is 9.53. The van der Waals surface area contributed by atoms with E-state index in [-0.39, 0.29) is 18.0 Å². The monoisotopic (exact) mass is 451 g/mol. The summed E-state index contributed by atoms with van der Waals surface area (Å²) in [4.78, 5) is 30.6. The van der Waals surface area contributed by atoms with E-state index in [1.165, 1.54) is 38.5 Å². The van der Waals surface area contributed by atoms with E-state index in [9.17, 15) is 9.59 Å². The first kappa shape index (κ1) is 21.9.